The van der Waals surface area contributed by atoms with Crippen molar-refractivity contribution in [3.05, 3.63) is 30.3 Å². The summed E-state index contributed by atoms with van der Waals surface area (Å²) in [4.78, 5) is 17.3. The molecule has 1 saturated heterocycles. The molecule has 1 aliphatic heterocycles. The largest absolute Gasteiger partial charge is 0.382 e. The average Bonchev–Trinajstić information content (AvgIpc) is 2.58. The van der Waals surface area contributed by atoms with Crippen molar-refractivity contribution in [1.82, 2.24) is 4.90 Å². The molecule has 4 heteroatoms. The number of anilines is 1. The molecule has 23 heavy (non-hydrogen) atoms. The number of rotatable bonds is 7. The van der Waals surface area contributed by atoms with E-state index < -0.39 is 0 Å². The SMILES string of the molecule is CCCN1CCC(COC)(N(C(=O)CC)c2ccccc2)CC1. The fourth-order valence-corrected chi connectivity index (χ4v) is 3.63. The van der Waals surface area contributed by atoms with Gasteiger partial charge in [-0.3, -0.25) is 4.79 Å². The second-order valence-corrected chi connectivity index (χ2v) is 6.42. The highest BCUT2D eigenvalue weighted by Gasteiger charge is 2.42. The van der Waals surface area contributed by atoms with Crippen molar-refractivity contribution in [2.24, 2.45) is 0 Å². The number of methoxy groups -OCH3 is 1. The lowest BCUT2D eigenvalue weighted by atomic mass is 9.85. The minimum absolute atomic E-state index is 0.178. The molecule has 0 aromatic heterocycles. The van der Waals surface area contributed by atoms with Gasteiger partial charge in [-0.1, -0.05) is 32.0 Å². The summed E-state index contributed by atoms with van der Waals surface area (Å²) in [5.41, 5.74) is 0.758. The summed E-state index contributed by atoms with van der Waals surface area (Å²) in [6.45, 7) is 7.93. The summed E-state index contributed by atoms with van der Waals surface area (Å²) in [5, 5.41) is 0. The predicted molar refractivity (Wildman–Crippen MR) is 94.8 cm³/mol. The number of likely N-dealkylation sites (tertiary alicyclic amines) is 1. The minimum Gasteiger partial charge on any atom is -0.382 e. The van der Waals surface area contributed by atoms with Crippen LogP contribution in [0.2, 0.25) is 0 Å². The first kappa shape index (κ1) is 18.0. The van der Waals surface area contributed by atoms with Crippen LogP contribution >= 0.6 is 0 Å². The lowest BCUT2D eigenvalue weighted by Crippen LogP contribution is -2.60. The van der Waals surface area contributed by atoms with E-state index in [-0.39, 0.29) is 11.4 Å². The van der Waals surface area contributed by atoms with Gasteiger partial charge in [-0.2, -0.15) is 0 Å². The van der Waals surface area contributed by atoms with Crippen LogP contribution < -0.4 is 4.90 Å². The molecule has 0 unspecified atom stereocenters. The molecule has 0 saturated carbocycles. The van der Waals surface area contributed by atoms with Crippen molar-refractivity contribution < 1.29 is 9.53 Å². The van der Waals surface area contributed by atoms with Crippen molar-refractivity contribution in [3.63, 3.8) is 0 Å². The van der Waals surface area contributed by atoms with Gasteiger partial charge >= 0.3 is 0 Å². The molecule has 1 aromatic rings. The molecule has 0 spiro atoms. The quantitative estimate of drug-likeness (QED) is 0.773. The summed E-state index contributed by atoms with van der Waals surface area (Å²) >= 11 is 0. The van der Waals surface area contributed by atoms with Crippen LogP contribution in [0.25, 0.3) is 0 Å². The lowest BCUT2D eigenvalue weighted by Gasteiger charge is -2.48. The zero-order valence-electron chi connectivity index (χ0n) is 14.8. The van der Waals surface area contributed by atoms with Crippen molar-refractivity contribution in [3.8, 4) is 0 Å². The number of hydrogen-bond acceptors (Lipinski definition) is 3. The third-order valence-electron chi connectivity index (χ3n) is 4.78. The predicted octanol–water partition coefficient (Wildman–Crippen LogP) is 3.32. The highest BCUT2D eigenvalue weighted by atomic mass is 16.5. The maximum absolute atomic E-state index is 12.8. The average molecular weight is 318 g/mol. The third-order valence-corrected chi connectivity index (χ3v) is 4.78. The molecule has 0 atom stereocenters. The van der Waals surface area contributed by atoms with Gasteiger partial charge in [-0.15, -0.1) is 0 Å². The summed E-state index contributed by atoms with van der Waals surface area (Å²) < 4.78 is 5.56. The zero-order valence-corrected chi connectivity index (χ0v) is 14.8. The second kappa shape index (κ2) is 8.46. The number of benzene rings is 1. The Hall–Kier alpha value is -1.39. The Labute approximate surface area is 140 Å². The van der Waals surface area contributed by atoms with Gasteiger partial charge in [0.1, 0.15) is 0 Å². The van der Waals surface area contributed by atoms with Crippen LogP contribution in [0.15, 0.2) is 30.3 Å². The summed E-state index contributed by atoms with van der Waals surface area (Å²) in [6, 6.07) is 10.0. The number of ether oxygens (including phenoxy) is 1. The Bertz CT molecular complexity index is 481. The molecule has 2 rings (SSSR count). The highest BCUT2D eigenvalue weighted by Crippen LogP contribution is 2.34. The van der Waals surface area contributed by atoms with E-state index in [0.29, 0.717) is 13.0 Å². The maximum atomic E-state index is 12.8. The topological polar surface area (TPSA) is 32.8 Å². The normalized spacial score (nSPS) is 17.9. The standard InChI is InChI=1S/C19H30N2O2/c1-4-13-20-14-11-19(12-15-20,16-23-3)21(18(22)5-2)17-9-7-6-8-10-17/h6-10H,4-5,11-16H2,1-3H3. The Morgan fingerprint density at radius 1 is 1.22 bits per heavy atom. The third kappa shape index (κ3) is 4.12. The molecule has 1 aromatic carbocycles. The van der Waals surface area contributed by atoms with Gasteiger partial charge in [0.05, 0.1) is 12.1 Å². The van der Waals surface area contributed by atoms with E-state index in [1.807, 2.05) is 42.2 Å². The maximum Gasteiger partial charge on any atom is 0.227 e. The molecule has 0 aliphatic carbocycles. The van der Waals surface area contributed by atoms with Crippen LogP contribution in [0, 0.1) is 0 Å². The van der Waals surface area contributed by atoms with Crippen molar-refractivity contribution in [2.45, 2.75) is 45.1 Å². The molecule has 1 amide bonds. The van der Waals surface area contributed by atoms with Gasteiger partial charge in [-0.05, 0) is 37.9 Å². The number of nitrogens with zero attached hydrogens (tertiary/aromatic N) is 2. The number of carbonyl (C=O) groups excluding carboxylic acids is 1. The number of piperidine rings is 1. The van der Waals surface area contributed by atoms with Gasteiger partial charge in [-0.25, -0.2) is 0 Å². The molecule has 128 valence electrons. The van der Waals surface area contributed by atoms with Crippen LogP contribution in [0.4, 0.5) is 5.69 Å². The van der Waals surface area contributed by atoms with Crippen LogP contribution in [0.5, 0.6) is 0 Å². The van der Waals surface area contributed by atoms with Crippen LogP contribution in [-0.2, 0) is 9.53 Å². The summed E-state index contributed by atoms with van der Waals surface area (Å²) in [6.07, 6.45) is 3.61. The number of hydrogen-bond donors (Lipinski definition) is 0. The lowest BCUT2D eigenvalue weighted by molar-refractivity contribution is -0.120. The Morgan fingerprint density at radius 3 is 2.39 bits per heavy atom. The summed E-state index contributed by atoms with van der Waals surface area (Å²) in [7, 11) is 1.74. The van der Waals surface area contributed by atoms with Crippen molar-refractivity contribution >= 4 is 11.6 Å². The molecular weight excluding hydrogens is 288 g/mol. The first-order valence-corrected chi connectivity index (χ1v) is 8.76. The zero-order chi connectivity index (χ0) is 16.7. The molecular formula is C19H30N2O2. The smallest absolute Gasteiger partial charge is 0.227 e. The van der Waals surface area contributed by atoms with E-state index in [4.69, 9.17) is 4.74 Å². The highest BCUT2D eigenvalue weighted by molar-refractivity contribution is 5.94. The fourth-order valence-electron chi connectivity index (χ4n) is 3.63. The minimum atomic E-state index is -0.229. The molecule has 0 radical (unpaired) electrons. The summed E-state index contributed by atoms with van der Waals surface area (Å²) in [5.74, 6) is 0.178. The van der Waals surface area contributed by atoms with Crippen molar-refractivity contribution in [1.29, 1.82) is 0 Å². The monoisotopic (exact) mass is 318 g/mol. The van der Waals surface area contributed by atoms with Gasteiger partial charge in [0.15, 0.2) is 0 Å². The Morgan fingerprint density at radius 2 is 1.87 bits per heavy atom. The van der Waals surface area contributed by atoms with Crippen LogP contribution in [0.3, 0.4) is 0 Å². The first-order valence-electron chi connectivity index (χ1n) is 8.76. The van der Waals surface area contributed by atoms with Gasteiger partial charge in [0.25, 0.3) is 0 Å². The Balaban J connectivity index is 2.30. The molecule has 4 nitrogen and oxygen atoms in total. The second-order valence-electron chi connectivity index (χ2n) is 6.42. The molecule has 1 aliphatic rings. The van der Waals surface area contributed by atoms with Gasteiger partial charge < -0.3 is 14.5 Å². The van der Waals surface area contributed by atoms with Crippen LogP contribution in [0.1, 0.15) is 39.5 Å². The van der Waals surface area contributed by atoms with Crippen molar-refractivity contribution in [2.75, 3.05) is 38.3 Å². The van der Waals surface area contributed by atoms with E-state index in [1.54, 1.807) is 7.11 Å². The molecule has 1 heterocycles. The van der Waals surface area contributed by atoms with E-state index in [2.05, 4.69) is 11.8 Å². The van der Waals surface area contributed by atoms with E-state index >= 15 is 0 Å². The van der Waals surface area contributed by atoms with E-state index in [1.165, 1.54) is 6.42 Å². The molecule has 1 fully saturated rings. The van der Waals surface area contributed by atoms with Gasteiger partial charge in [0, 0.05) is 32.3 Å². The first-order chi connectivity index (χ1) is 11.2. The molecule has 0 bridgehead atoms. The number of para-hydroxylation sites is 1. The Kier molecular flexibility index (Phi) is 6.60. The van der Waals surface area contributed by atoms with E-state index in [9.17, 15) is 4.79 Å². The van der Waals surface area contributed by atoms with Gasteiger partial charge in [0.2, 0.25) is 5.91 Å². The number of amides is 1. The molecule has 0 N–H and O–H groups in total. The number of carbonyl (C=O) groups is 1. The van der Waals surface area contributed by atoms with Crippen LogP contribution in [-0.4, -0.2) is 49.7 Å². The fraction of sp³-hybridized carbons (Fsp3) is 0.632. The van der Waals surface area contributed by atoms with E-state index in [0.717, 1.165) is 38.2 Å².